The lowest BCUT2D eigenvalue weighted by Gasteiger charge is -2.10. The fourth-order valence-electron chi connectivity index (χ4n) is 3.50. The number of hydrogen-bond acceptors (Lipinski definition) is 5. The summed E-state index contributed by atoms with van der Waals surface area (Å²) in [5.74, 6) is 0.218. The van der Waals surface area contributed by atoms with Crippen LogP contribution in [0.25, 0.3) is 27.7 Å². The minimum absolute atomic E-state index is 0.0691. The average molecular weight is 410 g/mol. The maximum Gasteiger partial charge on any atom is 0.227 e. The Morgan fingerprint density at radius 2 is 1.94 bits per heavy atom. The summed E-state index contributed by atoms with van der Waals surface area (Å²) in [4.78, 5) is 20.6. The normalized spacial score (nSPS) is 13.2. The number of fused-ring (bicyclic) bond motifs is 1. The van der Waals surface area contributed by atoms with Crippen molar-refractivity contribution in [3.05, 3.63) is 73.0 Å². The first-order valence-corrected chi connectivity index (χ1v) is 10.2. The molecule has 0 radical (unpaired) electrons. The fraction of sp³-hybridized carbons (Fsp3) is 0.167. The molecule has 1 fully saturated rings. The molecule has 4 aromatic rings. The van der Waals surface area contributed by atoms with Crippen LogP contribution in [0.3, 0.4) is 0 Å². The van der Waals surface area contributed by atoms with E-state index in [4.69, 9.17) is 0 Å². The molecule has 154 valence electrons. The minimum Gasteiger partial charge on any atom is -0.353 e. The SMILES string of the molecule is C=C(Nc1cnccc1C)c1n[nH]c2ccc(-c3cncc(NC(=O)C4CC4)c3)cc12. The lowest BCUT2D eigenvalue weighted by atomic mass is 10.0. The number of rotatable bonds is 6. The molecule has 1 aromatic carbocycles. The van der Waals surface area contributed by atoms with Gasteiger partial charge in [-0.25, -0.2) is 0 Å². The molecule has 3 N–H and O–H groups in total. The summed E-state index contributed by atoms with van der Waals surface area (Å²) < 4.78 is 0. The number of benzene rings is 1. The summed E-state index contributed by atoms with van der Waals surface area (Å²) in [5, 5.41) is 14.7. The molecule has 1 aliphatic rings. The number of anilines is 2. The zero-order valence-corrected chi connectivity index (χ0v) is 17.1. The number of nitrogens with one attached hydrogen (secondary N) is 3. The molecule has 7 heteroatoms. The number of pyridine rings is 2. The Kier molecular flexibility index (Phi) is 4.71. The molecule has 1 aliphatic carbocycles. The summed E-state index contributed by atoms with van der Waals surface area (Å²) in [6.07, 6.45) is 8.93. The van der Waals surface area contributed by atoms with Crippen LogP contribution < -0.4 is 10.6 Å². The van der Waals surface area contributed by atoms with E-state index in [-0.39, 0.29) is 11.8 Å². The highest BCUT2D eigenvalue weighted by molar-refractivity contribution is 5.96. The van der Waals surface area contributed by atoms with Crippen molar-refractivity contribution in [2.75, 3.05) is 10.6 Å². The Balaban J connectivity index is 1.44. The smallest absolute Gasteiger partial charge is 0.227 e. The molecular weight excluding hydrogens is 388 g/mol. The maximum atomic E-state index is 12.1. The van der Waals surface area contributed by atoms with E-state index in [1.165, 1.54) is 0 Å². The molecule has 0 atom stereocenters. The highest BCUT2D eigenvalue weighted by Crippen LogP contribution is 2.32. The first-order chi connectivity index (χ1) is 15.1. The van der Waals surface area contributed by atoms with Crippen molar-refractivity contribution >= 4 is 33.9 Å². The van der Waals surface area contributed by atoms with Gasteiger partial charge in [0.1, 0.15) is 5.69 Å². The van der Waals surface area contributed by atoms with Crippen LogP contribution in [0.15, 0.2) is 61.7 Å². The Labute approximate surface area is 179 Å². The van der Waals surface area contributed by atoms with Gasteiger partial charge in [0, 0.05) is 29.3 Å². The average Bonchev–Trinajstić information content (AvgIpc) is 3.54. The highest BCUT2D eigenvalue weighted by atomic mass is 16.2. The van der Waals surface area contributed by atoms with Crippen LogP contribution in [0.1, 0.15) is 24.1 Å². The van der Waals surface area contributed by atoms with E-state index in [0.717, 1.165) is 51.8 Å². The van der Waals surface area contributed by atoms with Gasteiger partial charge >= 0.3 is 0 Å². The third-order valence-electron chi connectivity index (χ3n) is 5.46. The zero-order valence-electron chi connectivity index (χ0n) is 17.1. The van der Waals surface area contributed by atoms with E-state index in [0.29, 0.717) is 11.4 Å². The summed E-state index contributed by atoms with van der Waals surface area (Å²) >= 11 is 0. The quantitative estimate of drug-likeness (QED) is 0.426. The number of carbonyl (C=O) groups is 1. The van der Waals surface area contributed by atoms with E-state index < -0.39 is 0 Å². The van der Waals surface area contributed by atoms with Crippen LogP contribution in [0, 0.1) is 12.8 Å². The molecule has 3 heterocycles. The Bertz CT molecular complexity index is 1300. The van der Waals surface area contributed by atoms with Crippen molar-refractivity contribution in [1.29, 1.82) is 0 Å². The molecule has 0 bridgehead atoms. The molecule has 1 saturated carbocycles. The monoisotopic (exact) mass is 410 g/mol. The summed E-state index contributed by atoms with van der Waals surface area (Å²) in [5.41, 5.74) is 6.92. The molecule has 0 spiro atoms. The van der Waals surface area contributed by atoms with Gasteiger partial charge in [-0.1, -0.05) is 12.6 Å². The Hall–Kier alpha value is -4.00. The van der Waals surface area contributed by atoms with Crippen LogP contribution >= 0.6 is 0 Å². The minimum atomic E-state index is 0.0691. The van der Waals surface area contributed by atoms with Gasteiger partial charge in [-0.05, 0) is 55.2 Å². The second-order valence-electron chi connectivity index (χ2n) is 7.85. The standard InChI is InChI=1S/C24H22N6O/c1-14-7-8-25-13-22(14)27-15(2)23-20-10-17(5-6-21(20)29-30-23)18-9-19(12-26-11-18)28-24(31)16-3-4-16/h5-13,16,27H,2-4H2,1H3,(H,28,31)(H,29,30). The van der Waals surface area contributed by atoms with Gasteiger partial charge in [0.15, 0.2) is 0 Å². The molecule has 5 rings (SSSR count). The molecule has 7 nitrogen and oxygen atoms in total. The van der Waals surface area contributed by atoms with Gasteiger partial charge in [0.2, 0.25) is 5.91 Å². The van der Waals surface area contributed by atoms with Crippen molar-refractivity contribution in [3.63, 3.8) is 0 Å². The van der Waals surface area contributed by atoms with Crippen LogP contribution in [-0.4, -0.2) is 26.1 Å². The van der Waals surface area contributed by atoms with E-state index >= 15 is 0 Å². The van der Waals surface area contributed by atoms with Crippen molar-refractivity contribution in [2.45, 2.75) is 19.8 Å². The van der Waals surface area contributed by atoms with Crippen molar-refractivity contribution in [3.8, 4) is 11.1 Å². The van der Waals surface area contributed by atoms with Crippen LogP contribution in [0.5, 0.6) is 0 Å². The lowest BCUT2D eigenvalue weighted by molar-refractivity contribution is -0.117. The fourth-order valence-corrected chi connectivity index (χ4v) is 3.50. The number of amides is 1. The van der Waals surface area contributed by atoms with Gasteiger partial charge in [0.05, 0.1) is 35.0 Å². The van der Waals surface area contributed by atoms with Crippen molar-refractivity contribution < 1.29 is 4.79 Å². The van der Waals surface area contributed by atoms with Gasteiger partial charge in [-0.2, -0.15) is 5.10 Å². The van der Waals surface area contributed by atoms with Gasteiger partial charge in [-0.15, -0.1) is 0 Å². The van der Waals surface area contributed by atoms with Crippen molar-refractivity contribution in [1.82, 2.24) is 20.2 Å². The van der Waals surface area contributed by atoms with E-state index in [1.807, 2.05) is 31.2 Å². The summed E-state index contributed by atoms with van der Waals surface area (Å²) in [6, 6.07) is 9.94. The topological polar surface area (TPSA) is 95.6 Å². The largest absolute Gasteiger partial charge is 0.353 e. The highest BCUT2D eigenvalue weighted by Gasteiger charge is 2.29. The Morgan fingerprint density at radius 1 is 1.06 bits per heavy atom. The number of aryl methyl sites for hydroxylation is 1. The second kappa shape index (κ2) is 7.68. The molecule has 31 heavy (non-hydrogen) atoms. The molecule has 1 amide bonds. The summed E-state index contributed by atoms with van der Waals surface area (Å²) in [6.45, 7) is 6.19. The number of aromatic nitrogens is 4. The molecule has 0 unspecified atom stereocenters. The van der Waals surface area contributed by atoms with E-state index in [9.17, 15) is 4.79 Å². The van der Waals surface area contributed by atoms with Crippen LogP contribution in [-0.2, 0) is 4.79 Å². The first kappa shape index (κ1) is 19.0. The number of aromatic amines is 1. The first-order valence-electron chi connectivity index (χ1n) is 10.2. The van der Waals surface area contributed by atoms with E-state index in [1.54, 1.807) is 24.8 Å². The number of H-pyrrole nitrogens is 1. The second-order valence-corrected chi connectivity index (χ2v) is 7.85. The van der Waals surface area contributed by atoms with E-state index in [2.05, 4.69) is 43.4 Å². The molecule has 0 saturated heterocycles. The third-order valence-corrected chi connectivity index (χ3v) is 5.46. The van der Waals surface area contributed by atoms with Gasteiger partial charge in [-0.3, -0.25) is 19.9 Å². The zero-order chi connectivity index (χ0) is 21.4. The summed E-state index contributed by atoms with van der Waals surface area (Å²) in [7, 11) is 0. The van der Waals surface area contributed by atoms with Crippen LogP contribution in [0.4, 0.5) is 11.4 Å². The predicted molar refractivity (Wildman–Crippen MR) is 122 cm³/mol. The number of carbonyl (C=O) groups excluding carboxylic acids is 1. The van der Waals surface area contributed by atoms with Gasteiger partial charge in [0.25, 0.3) is 0 Å². The Morgan fingerprint density at radius 3 is 2.74 bits per heavy atom. The van der Waals surface area contributed by atoms with Crippen LogP contribution in [0.2, 0.25) is 0 Å². The van der Waals surface area contributed by atoms with Gasteiger partial charge < -0.3 is 10.6 Å². The maximum absolute atomic E-state index is 12.1. The number of nitrogens with zero attached hydrogens (tertiary/aromatic N) is 3. The lowest BCUT2D eigenvalue weighted by Crippen LogP contribution is -2.13. The predicted octanol–water partition coefficient (Wildman–Crippen LogP) is 4.76. The van der Waals surface area contributed by atoms with Crippen molar-refractivity contribution in [2.24, 2.45) is 5.92 Å². The molecular formula is C24H22N6O. The molecule has 3 aromatic heterocycles. The third kappa shape index (κ3) is 3.90. The number of hydrogen-bond donors (Lipinski definition) is 3. The molecule has 0 aliphatic heterocycles.